The lowest BCUT2D eigenvalue weighted by Gasteiger charge is -2.05. The van der Waals surface area contributed by atoms with E-state index in [4.69, 9.17) is 9.47 Å². The number of hydrogen-bond acceptors (Lipinski definition) is 5. The Morgan fingerprint density at radius 2 is 1.90 bits per heavy atom. The first-order valence-electron chi connectivity index (χ1n) is 9.33. The summed E-state index contributed by atoms with van der Waals surface area (Å²) in [5.74, 6) is 0.0702. The van der Waals surface area contributed by atoms with Gasteiger partial charge in [-0.05, 0) is 36.8 Å². The molecule has 0 aliphatic rings. The van der Waals surface area contributed by atoms with Crippen molar-refractivity contribution in [2.45, 2.75) is 19.9 Å². The van der Waals surface area contributed by atoms with E-state index in [1.165, 1.54) is 7.11 Å². The van der Waals surface area contributed by atoms with Crippen molar-refractivity contribution in [3.63, 3.8) is 0 Å². The number of esters is 1. The van der Waals surface area contributed by atoms with Crippen LogP contribution in [-0.2, 0) is 16.1 Å². The van der Waals surface area contributed by atoms with E-state index in [0.29, 0.717) is 12.2 Å². The van der Waals surface area contributed by atoms with Gasteiger partial charge in [0.2, 0.25) is 0 Å². The molecule has 7 nitrogen and oxygen atoms in total. The molecule has 1 heterocycles. The van der Waals surface area contributed by atoms with Gasteiger partial charge in [-0.25, -0.2) is 5.43 Å². The van der Waals surface area contributed by atoms with Crippen molar-refractivity contribution in [3.8, 4) is 5.75 Å². The molecule has 0 radical (unpaired) electrons. The molecule has 1 aromatic heterocycles. The molecule has 0 atom stereocenters. The third-order valence-electron chi connectivity index (χ3n) is 4.31. The summed E-state index contributed by atoms with van der Waals surface area (Å²) in [6.07, 6.45) is 4.29. The van der Waals surface area contributed by atoms with Crippen LogP contribution in [0, 0.1) is 0 Å². The average Bonchev–Trinajstić information content (AvgIpc) is 3.10. The molecule has 0 aliphatic carbocycles. The van der Waals surface area contributed by atoms with Crippen LogP contribution in [0.15, 0.2) is 59.8 Å². The van der Waals surface area contributed by atoms with E-state index in [0.717, 1.165) is 28.6 Å². The molecular weight excluding hydrogens is 370 g/mol. The maximum atomic E-state index is 12.3. The summed E-state index contributed by atoms with van der Waals surface area (Å²) in [5.41, 5.74) is 4.68. The number of carbonyl (C=O) groups excluding carboxylic acids is 2. The summed E-state index contributed by atoms with van der Waals surface area (Å²) in [7, 11) is 1.36. The lowest BCUT2D eigenvalue weighted by Crippen LogP contribution is -2.17. The van der Waals surface area contributed by atoms with Crippen molar-refractivity contribution >= 4 is 29.0 Å². The van der Waals surface area contributed by atoms with Crippen molar-refractivity contribution in [1.82, 2.24) is 9.99 Å². The molecule has 0 unspecified atom stereocenters. The molecule has 0 aliphatic heterocycles. The normalized spacial score (nSPS) is 11.0. The largest absolute Gasteiger partial charge is 0.494 e. The number of methoxy groups -OCH3 is 1. The van der Waals surface area contributed by atoms with Crippen molar-refractivity contribution in [1.29, 1.82) is 0 Å². The van der Waals surface area contributed by atoms with Crippen molar-refractivity contribution in [2.24, 2.45) is 5.10 Å². The van der Waals surface area contributed by atoms with E-state index in [-0.39, 0.29) is 18.4 Å². The number of nitrogens with zero attached hydrogens (tertiary/aromatic N) is 2. The number of ether oxygens (including phenoxy) is 2. The fraction of sp³-hybridized carbons (Fsp3) is 0.227. The van der Waals surface area contributed by atoms with E-state index in [1.54, 1.807) is 41.2 Å². The Hall–Kier alpha value is -3.61. The van der Waals surface area contributed by atoms with Crippen LogP contribution in [0.25, 0.3) is 10.9 Å². The maximum Gasteiger partial charge on any atom is 0.325 e. The minimum Gasteiger partial charge on any atom is -0.494 e. The van der Waals surface area contributed by atoms with Gasteiger partial charge in [-0.2, -0.15) is 5.10 Å². The topological polar surface area (TPSA) is 81.9 Å². The summed E-state index contributed by atoms with van der Waals surface area (Å²) in [6, 6.07) is 14.5. The van der Waals surface area contributed by atoms with Gasteiger partial charge >= 0.3 is 5.97 Å². The van der Waals surface area contributed by atoms with Crippen LogP contribution < -0.4 is 10.2 Å². The fourth-order valence-electron chi connectivity index (χ4n) is 2.86. The third kappa shape index (κ3) is 5.01. The zero-order valence-electron chi connectivity index (χ0n) is 16.4. The number of carbonyl (C=O) groups is 2. The molecule has 0 saturated carbocycles. The van der Waals surface area contributed by atoms with Crippen LogP contribution in [0.5, 0.6) is 5.75 Å². The Labute approximate surface area is 168 Å². The predicted molar refractivity (Wildman–Crippen MR) is 111 cm³/mol. The number of rotatable bonds is 8. The Morgan fingerprint density at radius 3 is 2.62 bits per heavy atom. The lowest BCUT2D eigenvalue weighted by molar-refractivity contribution is -0.141. The van der Waals surface area contributed by atoms with Crippen molar-refractivity contribution in [2.75, 3.05) is 13.7 Å². The molecule has 0 saturated heterocycles. The molecule has 150 valence electrons. The van der Waals surface area contributed by atoms with Gasteiger partial charge in [-0.15, -0.1) is 0 Å². The quantitative estimate of drug-likeness (QED) is 0.361. The molecule has 3 rings (SSSR count). The van der Waals surface area contributed by atoms with E-state index in [1.807, 2.05) is 31.2 Å². The Balaban J connectivity index is 1.70. The smallest absolute Gasteiger partial charge is 0.325 e. The second-order valence-electron chi connectivity index (χ2n) is 6.38. The third-order valence-corrected chi connectivity index (χ3v) is 4.31. The number of nitrogens with one attached hydrogen (secondary N) is 1. The minimum atomic E-state index is -0.339. The molecule has 29 heavy (non-hydrogen) atoms. The van der Waals surface area contributed by atoms with Crippen LogP contribution in [0.4, 0.5) is 0 Å². The predicted octanol–water partition coefficient (Wildman–Crippen LogP) is 3.37. The highest BCUT2D eigenvalue weighted by Gasteiger charge is 2.10. The molecule has 1 amide bonds. The number of aromatic nitrogens is 1. The summed E-state index contributed by atoms with van der Waals surface area (Å²) in [4.78, 5) is 23.9. The number of para-hydroxylation sites is 1. The van der Waals surface area contributed by atoms with Gasteiger partial charge in [0.1, 0.15) is 12.3 Å². The first kappa shape index (κ1) is 20.1. The number of amides is 1. The first-order chi connectivity index (χ1) is 14.1. The standard InChI is InChI=1S/C22H23N3O4/c1-3-12-29-18-10-8-16(9-11-18)22(27)24-23-13-17-14-25(15-21(26)28-2)20-7-5-4-6-19(17)20/h4-11,13-14H,3,12,15H2,1-2H3,(H,24,27)/b23-13-. The van der Waals surface area contributed by atoms with E-state index < -0.39 is 0 Å². The van der Waals surface area contributed by atoms with Gasteiger partial charge < -0.3 is 14.0 Å². The van der Waals surface area contributed by atoms with Gasteiger partial charge in [0.05, 0.1) is 19.9 Å². The van der Waals surface area contributed by atoms with Crippen molar-refractivity contribution < 1.29 is 19.1 Å². The summed E-state index contributed by atoms with van der Waals surface area (Å²) in [6.45, 7) is 2.77. The second-order valence-corrected chi connectivity index (χ2v) is 6.38. The van der Waals surface area contributed by atoms with Crippen molar-refractivity contribution in [3.05, 3.63) is 65.9 Å². The zero-order valence-corrected chi connectivity index (χ0v) is 16.4. The molecule has 7 heteroatoms. The molecule has 3 aromatic rings. The fourth-order valence-corrected chi connectivity index (χ4v) is 2.86. The molecule has 0 fully saturated rings. The SMILES string of the molecule is CCCOc1ccc(C(=O)N/N=C\c2cn(CC(=O)OC)c3ccccc23)cc1. The number of fused-ring (bicyclic) bond motifs is 1. The number of benzene rings is 2. The zero-order chi connectivity index (χ0) is 20.6. The van der Waals surface area contributed by atoms with Gasteiger partial charge in [0.25, 0.3) is 5.91 Å². The summed E-state index contributed by atoms with van der Waals surface area (Å²) >= 11 is 0. The summed E-state index contributed by atoms with van der Waals surface area (Å²) < 4.78 is 12.0. The molecule has 0 bridgehead atoms. The van der Waals surface area contributed by atoms with Gasteiger partial charge in [-0.3, -0.25) is 9.59 Å². The van der Waals surface area contributed by atoms with Crippen LogP contribution >= 0.6 is 0 Å². The lowest BCUT2D eigenvalue weighted by atomic mass is 10.2. The molecular formula is C22H23N3O4. The highest BCUT2D eigenvalue weighted by Crippen LogP contribution is 2.20. The first-order valence-corrected chi connectivity index (χ1v) is 9.33. The van der Waals surface area contributed by atoms with Crippen LogP contribution in [0.3, 0.4) is 0 Å². The molecule has 1 N–H and O–H groups in total. The van der Waals surface area contributed by atoms with Gasteiger partial charge in [-0.1, -0.05) is 25.1 Å². The Morgan fingerprint density at radius 1 is 1.14 bits per heavy atom. The minimum absolute atomic E-state index is 0.101. The number of hydrogen-bond donors (Lipinski definition) is 1. The Kier molecular flexibility index (Phi) is 6.63. The second kappa shape index (κ2) is 9.54. The monoisotopic (exact) mass is 393 g/mol. The van der Waals surface area contributed by atoms with Crippen LogP contribution in [-0.4, -0.2) is 36.4 Å². The van der Waals surface area contributed by atoms with Gasteiger partial charge in [0.15, 0.2) is 0 Å². The van der Waals surface area contributed by atoms with Gasteiger partial charge in [0, 0.05) is 28.2 Å². The highest BCUT2D eigenvalue weighted by molar-refractivity contribution is 6.01. The Bertz CT molecular complexity index is 1020. The number of hydrazone groups is 1. The maximum absolute atomic E-state index is 12.3. The van der Waals surface area contributed by atoms with E-state index in [9.17, 15) is 9.59 Å². The van der Waals surface area contributed by atoms with E-state index >= 15 is 0 Å². The van der Waals surface area contributed by atoms with Crippen LogP contribution in [0.1, 0.15) is 29.3 Å². The average molecular weight is 393 g/mol. The summed E-state index contributed by atoms with van der Waals surface area (Å²) in [5, 5.41) is 4.99. The highest BCUT2D eigenvalue weighted by atomic mass is 16.5. The molecule has 0 spiro atoms. The molecule has 2 aromatic carbocycles. The van der Waals surface area contributed by atoms with E-state index in [2.05, 4.69) is 10.5 Å². The van der Waals surface area contributed by atoms with Crippen LogP contribution in [0.2, 0.25) is 0 Å².